The Morgan fingerprint density at radius 3 is 2.65 bits per heavy atom. The molecule has 2 aromatic rings. The third-order valence-electron chi connectivity index (χ3n) is 3.83. The van der Waals surface area contributed by atoms with Gasteiger partial charge in [0, 0.05) is 15.6 Å². The van der Waals surface area contributed by atoms with Crippen LogP contribution in [0.1, 0.15) is 23.6 Å². The molecule has 0 unspecified atom stereocenters. The maximum atomic E-state index is 11.2. The molecule has 2 nitrogen and oxygen atoms in total. The predicted octanol–water partition coefficient (Wildman–Crippen LogP) is 4.32. The lowest BCUT2D eigenvalue weighted by atomic mass is 9.83. The Bertz CT molecular complexity index is 684. The van der Waals surface area contributed by atoms with Crippen molar-refractivity contribution in [1.29, 1.82) is 0 Å². The van der Waals surface area contributed by atoms with Crippen molar-refractivity contribution in [2.45, 2.75) is 25.6 Å². The molecule has 4 heteroatoms. The molecule has 0 saturated carbocycles. The van der Waals surface area contributed by atoms with E-state index in [1.165, 1.54) is 0 Å². The lowest BCUT2D eigenvalue weighted by Gasteiger charge is -2.27. The molecular weight excluding hydrogens is 295 g/mol. The van der Waals surface area contributed by atoms with Crippen LogP contribution >= 0.6 is 23.2 Å². The second-order valence-corrected chi connectivity index (χ2v) is 5.98. The molecule has 0 bridgehead atoms. The van der Waals surface area contributed by atoms with Crippen molar-refractivity contribution in [2.24, 2.45) is 0 Å². The fourth-order valence-electron chi connectivity index (χ4n) is 2.66. The zero-order valence-corrected chi connectivity index (χ0v) is 12.7. The average molecular weight is 309 g/mol. The Labute approximate surface area is 127 Å². The Kier molecular flexibility index (Phi) is 3.20. The van der Waals surface area contributed by atoms with Crippen LogP contribution in [0.4, 0.5) is 0 Å². The summed E-state index contributed by atoms with van der Waals surface area (Å²) in [5, 5.41) is 12.4. The third kappa shape index (κ3) is 1.91. The van der Waals surface area contributed by atoms with E-state index in [2.05, 4.69) is 0 Å². The summed E-state index contributed by atoms with van der Waals surface area (Å²) in [4.78, 5) is 0. The summed E-state index contributed by atoms with van der Waals surface area (Å²) in [6.07, 6.45) is -0.408. The largest absolute Gasteiger partial charge is 0.487 e. The van der Waals surface area contributed by atoms with Crippen molar-refractivity contribution in [3.05, 3.63) is 63.1 Å². The number of ether oxygens (including phenoxy) is 1. The normalized spacial score (nSPS) is 24.4. The summed E-state index contributed by atoms with van der Waals surface area (Å²) >= 11 is 12.2. The topological polar surface area (TPSA) is 29.5 Å². The molecule has 0 aliphatic carbocycles. The first kappa shape index (κ1) is 13.7. The van der Waals surface area contributed by atoms with E-state index in [0.717, 1.165) is 5.56 Å². The number of fused-ring (bicyclic) bond motifs is 1. The molecule has 104 valence electrons. The van der Waals surface area contributed by atoms with Crippen LogP contribution in [-0.2, 0) is 5.60 Å². The predicted molar refractivity (Wildman–Crippen MR) is 80.7 cm³/mol. The van der Waals surface area contributed by atoms with Crippen molar-refractivity contribution in [3.8, 4) is 5.75 Å². The standard InChI is InChI=1S/C16H14Cl2O2/c1-9-6-15-13(8-14(9)18)16(19,10(2)20-15)11-4-3-5-12(17)7-11/h3-8,10,19H,1-2H3/t10-,16-/m0/s1. The first-order chi connectivity index (χ1) is 9.42. The minimum atomic E-state index is -1.24. The Hall–Kier alpha value is -1.22. The van der Waals surface area contributed by atoms with Gasteiger partial charge in [-0.05, 0) is 49.2 Å². The van der Waals surface area contributed by atoms with Gasteiger partial charge in [0.05, 0.1) is 0 Å². The van der Waals surface area contributed by atoms with Gasteiger partial charge in [-0.15, -0.1) is 0 Å². The van der Waals surface area contributed by atoms with E-state index in [1.54, 1.807) is 18.2 Å². The average Bonchev–Trinajstić information content (AvgIpc) is 2.64. The first-order valence-electron chi connectivity index (χ1n) is 6.38. The molecule has 0 spiro atoms. The van der Waals surface area contributed by atoms with Crippen molar-refractivity contribution in [3.63, 3.8) is 0 Å². The number of hydrogen-bond acceptors (Lipinski definition) is 2. The number of aryl methyl sites for hydroxylation is 1. The summed E-state index contributed by atoms with van der Waals surface area (Å²) in [6, 6.07) is 10.8. The van der Waals surface area contributed by atoms with E-state index in [4.69, 9.17) is 27.9 Å². The lowest BCUT2D eigenvalue weighted by Crippen LogP contribution is -2.36. The maximum absolute atomic E-state index is 11.2. The molecular formula is C16H14Cl2O2. The molecule has 1 aliphatic heterocycles. The number of rotatable bonds is 1. The zero-order valence-electron chi connectivity index (χ0n) is 11.2. The SMILES string of the molecule is Cc1cc2c(cc1Cl)[C@@](O)(c1cccc(Cl)c1)[C@H](C)O2. The van der Waals surface area contributed by atoms with Gasteiger partial charge in [0.1, 0.15) is 11.9 Å². The summed E-state index contributed by atoms with van der Waals surface area (Å²) in [7, 11) is 0. The molecule has 0 saturated heterocycles. The molecule has 0 fully saturated rings. The number of halogens is 2. The van der Waals surface area contributed by atoms with E-state index in [9.17, 15) is 5.11 Å². The molecule has 0 amide bonds. The highest BCUT2D eigenvalue weighted by atomic mass is 35.5. The van der Waals surface area contributed by atoms with Crippen LogP contribution in [0, 0.1) is 6.92 Å². The second-order valence-electron chi connectivity index (χ2n) is 5.13. The quantitative estimate of drug-likeness (QED) is 0.850. The molecule has 2 atom stereocenters. The fraction of sp³-hybridized carbons (Fsp3) is 0.250. The van der Waals surface area contributed by atoms with Gasteiger partial charge in [-0.1, -0.05) is 35.3 Å². The molecule has 3 rings (SSSR count). The Morgan fingerprint density at radius 1 is 1.20 bits per heavy atom. The van der Waals surface area contributed by atoms with Gasteiger partial charge >= 0.3 is 0 Å². The molecule has 1 N–H and O–H groups in total. The van der Waals surface area contributed by atoms with E-state index in [1.807, 2.05) is 32.0 Å². The second kappa shape index (κ2) is 4.66. The van der Waals surface area contributed by atoms with E-state index in [0.29, 0.717) is 26.9 Å². The van der Waals surface area contributed by atoms with Gasteiger partial charge in [-0.25, -0.2) is 0 Å². The molecule has 1 heterocycles. The van der Waals surface area contributed by atoms with Gasteiger partial charge in [-0.2, -0.15) is 0 Å². The Balaban J connectivity index is 2.23. The van der Waals surface area contributed by atoms with Crippen molar-refractivity contribution in [2.75, 3.05) is 0 Å². The van der Waals surface area contributed by atoms with Gasteiger partial charge in [0.15, 0.2) is 5.60 Å². The molecule has 1 aliphatic rings. The lowest BCUT2D eigenvalue weighted by molar-refractivity contribution is 0.00394. The van der Waals surface area contributed by atoms with Gasteiger partial charge in [0.25, 0.3) is 0 Å². The minimum Gasteiger partial charge on any atom is -0.487 e. The summed E-state index contributed by atoms with van der Waals surface area (Å²) in [6.45, 7) is 3.75. The van der Waals surface area contributed by atoms with Crippen LogP contribution in [0.5, 0.6) is 5.75 Å². The zero-order chi connectivity index (χ0) is 14.5. The molecule has 20 heavy (non-hydrogen) atoms. The van der Waals surface area contributed by atoms with E-state index in [-0.39, 0.29) is 0 Å². The third-order valence-corrected chi connectivity index (χ3v) is 4.47. The van der Waals surface area contributed by atoms with Crippen LogP contribution in [0.15, 0.2) is 36.4 Å². The van der Waals surface area contributed by atoms with Crippen molar-refractivity contribution >= 4 is 23.2 Å². The summed E-state index contributed by atoms with van der Waals surface area (Å²) in [5.41, 5.74) is 1.07. The smallest absolute Gasteiger partial charge is 0.155 e. The van der Waals surface area contributed by atoms with Crippen molar-refractivity contribution < 1.29 is 9.84 Å². The molecule has 0 aromatic heterocycles. The van der Waals surface area contributed by atoms with E-state index >= 15 is 0 Å². The van der Waals surface area contributed by atoms with Crippen LogP contribution in [-0.4, -0.2) is 11.2 Å². The Morgan fingerprint density at radius 2 is 1.95 bits per heavy atom. The van der Waals surface area contributed by atoms with Crippen LogP contribution < -0.4 is 4.74 Å². The minimum absolute atomic E-state index is 0.408. The first-order valence-corrected chi connectivity index (χ1v) is 7.14. The molecule has 2 aromatic carbocycles. The number of hydrogen-bond donors (Lipinski definition) is 1. The highest BCUT2D eigenvalue weighted by Crippen LogP contribution is 2.47. The van der Waals surface area contributed by atoms with Crippen LogP contribution in [0.2, 0.25) is 10.0 Å². The molecule has 0 radical (unpaired) electrons. The number of aliphatic hydroxyl groups is 1. The maximum Gasteiger partial charge on any atom is 0.155 e. The monoisotopic (exact) mass is 308 g/mol. The van der Waals surface area contributed by atoms with Crippen molar-refractivity contribution in [1.82, 2.24) is 0 Å². The van der Waals surface area contributed by atoms with Gasteiger partial charge < -0.3 is 9.84 Å². The van der Waals surface area contributed by atoms with Gasteiger partial charge in [0.2, 0.25) is 0 Å². The van der Waals surface area contributed by atoms with Crippen LogP contribution in [0.3, 0.4) is 0 Å². The van der Waals surface area contributed by atoms with Crippen LogP contribution in [0.25, 0.3) is 0 Å². The number of benzene rings is 2. The fourth-order valence-corrected chi connectivity index (χ4v) is 3.01. The summed E-state index contributed by atoms with van der Waals surface area (Å²) in [5.74, 6) is 0.668. The highest BCUT2D eigenvalue weighted by molar-refractivity contribution is 6.31. The van der Waals surface area contributed by atoms with Gasteiger partial charge in [-0.3, -0.25) is 0 Å². The summed E-state index contributed by atoms with van der Waals surface area (Å²) < 4.78 is 5.80. The highest BCUT2D eigenvalue weighted by Gasteiger charge is 2.47. The van der Waals surface area contributed by atoms with E-state index < -0.39 is 11.7 Å².